The summed E-state index contributed by atoms with van der Waals surface area (Å²) in [5, 5.41) is 0. The van der Waals surface area contributed by atoms with Crippen LogP contribution < -0.4 is 0 Å². The van der Waals surface area contributed by atoms with E-state index in [1.165, 1.54) is 24.5 Å². The van der Waals surface area contributed by atoms with Crippen molar-refractivity contribution in [2.75, 3.05) is 0 Å². The van der Waals surface area contributed by atoms with Crippen molar-refractivity contribution in [1.29, 1.82) is 0 Å². The van der Waals surface area contributed by atoms with Gasteiger partial charge in [0.25, 0.3) is 0 Å². The number of esters is 2. The molecule has 0 bridgehead atoms. The molecule has 0 aliphatic heterocycles. The Labute approximate surface area is 74.8 Å². The van der Waals surface area contributed by atoms with Gasteiger partial charge in [0, 0.05) is 6.08 Å². The van der Waals surface area contributed by atoms with E-state index in [1.807, 2.05) is 0 Å². The fraction of sp³-hybridized carbons (Fsp3) is 0.111. The topological polar surface area (TPSA) is 56.5 Å². The van der Waals surface area contributed by atoms with E-state index in [-0.39, 0.29) is 5.76 Å². The van der Waals surface area contributed by atoms with Crippen LogP contribution in [-0.4, -0.2) is 11.9 Å². The Balaban J connectivity index is 2.57. The highest BCUT2D eigenvalue weighted by Crippen LogP contribution is 2.02. The Bertz CT molecular complexity index is 321. The van der Waals surface area contributed by atoms with Crippen molar-refractivity contribution in [3.63, 3.8) is 0 Å². The van der Waals surface area contributed by atoms with Gasteiger partial charge in [-0.1, -0.05) is 6.08 Å². The van der Waals surface area contributed by atoms with E-state index < -0.39 is 11.9 Å². The number of carbonyl (C=O) groups is 2. The first-order valence-corrected chi connectivity index (χ1v) is 3.66. The molecule has 0 aliphatic carbocycles. The molecule has 68 valence electrons. The maximum absolute atomic E-state index is 11.0. The highest BCUT2D eigenvalue weighted by molar-refractivity contribution is 5.98. The summed E-state index contributed by atoms with van der Waals surface area (Å²) >= 11 is 0. The van der Waals surface area contributed by atoms with Gasteiger partial charge in [0.1, 0.15) is 0 Å². The lowest BCUT2D eigenvalue weighted by Gasteiger charge is -1.94. The zero-order valence-electron chi connectivity index (χ0n) is 7.02. The number of carbonyl (C=O) groups excluding carboxylic acids is 2. The fourth-order valence-electron chi connectivity index (χ4n) is 0.706. The predicted molar refractivity (Wildman–Crippen MR) is 43.9 cm³/mol. The third kappa shape index (κ3) is 2.59. The molecule has 4 heteroatoms. The van der Waals surface area contributed by atoms with Crippen LogP contribution in [0, 0.1) is 0 Å². The average molecular weight is 180 g/mol. The van der Waals surface area contributed by atoms with Gasteiger partial charge in [0.05, 0.1) is 6.26 Å². The molecule has 0 aromatic carbocycles. The quantitative estimate of drug-likeness (QED) is 0.393. The van der Waals surface area contributed by atoms with Crippen LogP contribution >= 0.6 is 0 Å². The smallest absolute Gasteiger partial charge is 0.382 e. The van der Waals surface area contributed by atoms with Crippen molar-refractivity contribution in [3.05, 3.63) is 36.3 Å². The van der Waals surface area contributed by atoms with Crippen LogP contribution in [0.25, 0.3) is 0 Å². The molecule has 4 nitrogen and oxygen atoms in total. The zero-order valence-corrected chi connectivity index (χ0v) is 7.02. The van der Waals surface area contributed by atoms with Crippen molar-refractivity contribution in [3.8, 4) is 0 Å². The molecular weight excluding hydrogens is 172 g/mol. The third-order valence-electron chi connectivity index (χ3n) is 1.22. The van der Waals surface area contributed by atoms with E-state index in [1.54, 1.807) is 6.92 Å². The Morgan fingerprint density at radius 2 is 2.31 bits per heavy atom. The predicted octanol–water partition coefficient (Wildman–Crippen LogP) is 1.54. The van der Waals surface area contributed by atoms with Gasteiger partial charge >= 0.3 is 11.9 Å². The van der Waals surface area contributed by atoms with Crippen molar-refractivity contribution in [1.82, 2.24) is 0 Å². The van der Waals surface area contributed by atoms with Crippen molar-refractivity contribution < 1.29 is 18.7 Å². The Hall–Kier alpha value is -1.84. The summed E-state index contributed by atoms with van der Waals surface area (Å²) < 4.78 is 9.10. The van der Waals surface area contributed by atoms with E-state index in [0.29, 0.717) is 0 Å². The first kappa shape index (κ1) is 9.25. The number of hydrogen-bond donors (Lipinski definition) is 0. The molecule has 0 saturated carbocycles. The van der Waals surface area contributed by atoms with Crippen molar-refractivity contribution in [2.45, 2.75) is 6.92 Å². The minimum Gasteiger partial charge on any atom is -0.457 e. The van der Waals surface area contributed by atoms with Crippen LogP contribution in [0.2, 0.25) is 0 Å². The standard InChI is InChI=1S/C9H8O4/c1-2-4-8(10)13-9(11)7-5-3-6-12-7/h2-6H,1H3. The number of hydrogen-bond acceptors (Lipinski definition) is 4. The van der Waals surface area contributed by atoms with Gasteiger partial charge in [-0.25, -0.2) is 9.59 Å². The summed E-state index contributed by atoms with van der Waals surface area (Å²) in [6, 6.07) is 2.96. The molecular formula is C9H8O4. The van der Waals surface area contributed by atoms with Gasteiger partial charge in [-0.3, -0.25) is 0 Å². The van der Waals surface area contributed by atoms with E-state index in [2.05, 4.69) is 4.74 Å². The minimum absolute atomic E-state index is 0.0119. The zero-order chi connectivity index (χ0) is 9.68. The first-order chi connectivity index (χ1) is 6.24. The van der Waals surface area contributed by atoms with Gasteiger partial charge in [-0.15, -0.1) is 0 Å². The summed E-state index contributed by atoms with van der Waals surface area (Å²) in [5.41, 5.74) is 0. The molecule has 13 heavy (non-hydrogen) atoms. The van der Waals surface area contributed by atoms with Crippen molar-refractivity contribution in [2.24, 2.45) is 0 Å². The molecule has 0 unspecified atom stereocenters. The number of ether oxygens (including phenoxy) is 1. The van der Waals surface area contributed by atoms with Crippen LogP contribution in [0.15, 0.2) is 35.0 Å². The Kier molecular flexibility index (Phi) is 3.03. The van der Waals surface area contributed by atoms with Crippen LogP contribution in [0.1, 0.15) is 17.5 Å². The minimum atomic E-state index is -0.784. The monoisotopic (exact) mass is 180 g/mol. The highest BCUT2D eigenvalue weighted by atomic mass is 16.6. The lowest BCUT2D eigenvalue weighted by atomic mass is 10.4. The van der Waals surface area contributed by atoms with Crippen molar-refractivity contribution >= 4 is 11.9 Å². The summed E-state index contributed by atoms with van der Waals surface area (Å²) in [7, 11) is 0. The second kappa shape index (κ2) is 4.25. The molecule has 1 aromatic rings. The second-order valence-electron chi connectivity index (χ2n) is 2.19. The molecule has 1 rings (SSSR count). The van der Waals surface area contributed by atoms with Crippen LogP contribution in [-0.2, 0) is 9.53 Å². The van der Waals surface area contributed by atoms with Gasteiger partial charge in [0.2, 0.25) is 5.76 Å². The lowest BCUT2D eigenvalue weighted by molar-refractivity contribution is -0.132. The van der Waals surface area contributed by atoms with Crippen LogP contribution in [0.3, 0.4) is 0 Å². The Morgan fingerprint density at radius 3 is 2.85 bits per heavy atom. The molecule has 0 aliphatic rings. The second-order valence-corrected chi connectivity index (χ2v) is 2.19. The lowest BCUT2D eigenvalue weighted by Crippen LogP contribution is -2.09. The van der Waals surface area contributed by atoms with E-state index in [4.69, 9.17) is 4.42 Å². The largest absolute Gasteiger partial charge is 0.457 e. The number of furan rings is 1. The van der Waals surface area contributed by atoms with E-state index in [9.17, 15) is 9.59 Å². The molecule has 0 N–H and O–H groups in total. The van der Waals surface area contributed by atoms with E-state index in [0.717, 1.165) is 6.08 Å². The molecule has 0 saturated heterocycles. The third-order valence-corrected chi connectivity index (χ3v) is 1.22. The first-order valence-electron chi connectivity index (χ1n) is 3.66. The molecule has 0 amide bonds. The van der Waals surface area contributed by atoms with Gasteiger partial charge in [-0.2, -0.15) is 0 Å². The highest BCUT2D eigenvalue weighted by Gasteiger charge is 2.12. The van der Waals surface area contributed by atoms with Gasteiger partial charge in [0.15, 0.2) is 0 Å². The SMILES string of the molecule is CC=CC(=O)OC(=O)c1ccco1. The molecule has 0 spiro atoms. The van der Waals surface area contributed by atoms with E-state index >= 15 is 0 Å². The number of allylic oxidation sites excluding steroid dienone is 1. The van der Waals surface area contributed by atoms with Crippen LogP contribution in [0.4, 0.5) is 0 Å². The molecule has 0 radical (unpaired) electrons. The summed E-state index contributed by atoms with van der Waals surface area (Å²) in [6.45, 7) is 1.65. The normalized spacial score (nSPS) is 10.2. The Morgan fingerprint density at radius 1 is 1.54 bits per heavy atom. The number of rotatable bonds is 2. The fourth-order valence-corrected chi connectivity index (χ4v) is 0.706. The maximum atomic E-state index is 11.0. The molecule has 0 atom stereocenters. The summed E-state index contributed by atoms with van der Waals surface area (Å²) in [6.07, 6.45) is 3.97. The average Bonchev–Trinajstić information content (AvgIpc) is 2.55. The summed E-state index contributed by atoms with van der Waals surface area (Å²) in [4.78, 5) is 21.8. The maximum Gasteiger partial charge on any atom is 0.382 e. The molecule has 1 aromatic heterocycles. The molecule has 0 fully saturated rings. The molecule has 1 heterocycles. The van der Waals surface area contributed by atoms with Gasteiger partial charge < -0.3 is 9.15 Å². The van der Waals surface area contributed by atoms with Gasteiger partial charge in [-0.05, 0) is 19.1 Å². The van der Waals surface area contributed by atoms with Crippen LogP contribution in [0.5, 0.6) is 0 Å². The summed E-state index contributed by atoms with van der Waals surface area (Å²) in [5.74, 6) is -1.48.